The monoisotopic (exact) mass is 256 g/mol. The van der Waals surface area contributed by atoms with Crippen LogP contribution >= 0.6 is 11.6 Å². The van der Waals surface area contributed by atoms with Crippen molar-refractivity contribution in [2.45, 2.75) is 19.4 Å². The molecule has 0 amide bonds. The van der Waals surface area contributed by atoms with Gasteiger partial charge >= 0.3 is 0 Å². The van der Waals surface area contributed by atoms with Crippen LogP contribution in [0.4, 0.5) is 4.39 Å². The third kappa shape index (κ3) is 3.18. The number of nitrogens with one attached hydrogen (secondary N) is 1. The van der Waals surface area contributed by atoms with Crippen molar-refractivity contribution in [2.24, 2.45) is 17.6 Å². The van der Waals surface area contributed by atoms with Crippen molar-refractivity contribution in [3.63, 3.8) is 0 Å². The highest BCUT2D eigenvalue weighted by atomic mass is 35.5. The summed E-state index contributed by atoms with van der Waals surface area (Å²) in [4.78, 5) is 0. The standard InChI is InChI=1S/C13H18ClFN2/c1-8-4-10(8)7-17-13(6-16)9-2-3-11(14)12(15)5-9/h2-3,5,8,10,13,17H,4,6-7,16H2,1H3. The van der Waals surface area contributed by atoms with E-state index in [1.807, 2.05) is 6.07 Å². The van der Waals surface area contributed by atoms with Crippen LogP contribution in [0.25, 0.3) is 0 Å². The van der Waals surface area contributed by atoms with E-state index in [4.69, 9.17) is 17.3 Å². The molecule has 1 aromatic carbocycles. The number of benzene rings is 1. The Bertz CT molecular complexity index is 397. The molecule has 94 valence electrons. The van der Waals surface area contributed by atoms with E-state index in [2.05, 4.69) is 12.2 Å². The van der Waals surface area contributed by atoms with Crippen molar-refractivity contribution >= 4 is 11.6 Å². The maximum Gasteiger partial charge on any atom is 0.142 e. The van der Waals surface area contributed by atoms with Crippen LogP contribution < -0.4 is 11.1 Å². The molecular weight excluding hydrogens is 239 g/mol. The van der Waals surface area contributed by atoms with Crippen molar-refractivity contribution in [2.75, 3.05) is 13.1 Å². The van der Waals surface area contributed by atoms with Gasteiger partial charge in [-0.05, 0) is 42.5 Å². The Hall–Kier alpha value is -0.640. The van der Waals surface area contributed by atoms with Crippen LogP contribution in [0, 0.1) is 17.7 Å². The molecule has 1 aromatic rings. The predicted octanol–water partition coefficient (Wildman–Crippen LogP) is 2.72. The third-order valence-corrected chi connectivity index (χ3v) is 3.79. The second-order valence-electron chi connectivity index (χ2n) is 4.84. The van der Waals surface area contributed by atoms with Crippen molar-refractivity contribution in [3.05, 3.63) is 34.6 Å². The van der Waals surface area contributed by atoms with Crippen LogP contribution in [0.5, 0.6) is 0 Å². The Kier molecular flexibility index (Phi) is 4.02. The molecule has 0 aliphatic heterocycles. The van der Waals surface area contributed by atoms with E-state index in [-0.39, 0.29) is 16.9 Å². The van der Waals surface area contributed by atoms with E-state index in [0.717, 1.165) is 23.9 Å². The largest absolute Gasteiger partial charge is 0.329 e. The van der Waals surface area contributed by atoms with Gasteiger partial charge in [-0.3, -0.25) is 0 Å². The van der Waals surface area contributed by atoms with Crippen LogP contribution in [-0.4, -0.2) is 13.1 Å². The fourth-order valence-electron chi connectivity index (χ4n) is 2.04. The first-order valence-electron chi connectivity index (χ1n) is 6.00. The lowest BCUT2D eigenvalue weighted by Gasteiger charge is -2.17. The number of hydrogen-bond donors (Lipinski definition) is 2. The van der Waals surface area contributed by atoms with E-state index in [1.165, 1.54) is 12.5 Å². The zero-order valence-electron chi connectivity index (χ0n) is 9.92. The average Bonchev–Trinajstić information content (AvgIpc) is 3.00. The summed E-state index contributed by atoms with van der Waals surface area (Å²) in [5.74, 6) is 1.17. The summed E-state index contributed by atoms with van der Waals surface area (Å²) >= 11 is 5.66. The Morgan fingerprint density at radius 2 is 2.29 bits per heavy atom. The Labute approximate surface area is 106 Å². The van der Waals surface area contributed by atoms with E-state index in [9.17, 15) is 4.39 Å². The molecule has 3 unspecified atom stereocenters. The van der Waals surface area contributed by atoms with Gasteiger partial charge in [0.25, 0.3) is 0 Å². The molecule has 0 heterocycles. The van der Waals surface area contributed by atoms with E-state index in [1.54, 1.807) is 6.07 Å². The molecule has 4 heteroatoms. The summed E-state index contributed by atoms with van der Waals surface area (Å²) in [6, 6.07) is 4.88. The van der Waals surface area contributed by atoms with E-state index in [0.29, 0.717) is 6.54 Å². The quantitative estimate of drug-likeness (QED) is 0.850. The van der Waals surface area contributed by atoms with E-state index < -0.39 is 0 Å². The highest BCUT2D eigenvalue weighted by Gasteiger charge is 2.32. The first-order valence-corrected chi connectivity index (χ1v) is 6.38. The molecule has 3 atom stereocenters. The van der Waals surface area contributed by atoms with Gasteiger partial charge in [0.15, 0.2) is 0 Å². The lowest BCUT2D eigenvalue weighted by atomic mass is 10.1. The summed E-state index contributed by atoms with van der Waals surface area (Å²) in [5, 5.41) is 3.54. The first kappa shape index (κ1) is 12.8. The first-order chi connectivity index (χ1) is 8.11. The summed E-state index contributed by atoms with van der Waals surface area (Å²) in [7, 11) is 0. The zero-order chi connectivity index (χ0) is 12.4. The van der Waals surface area contributed by atoms with Gasteiger partial charge in [-0.25, -0.2) is 4.39 Å². The third-order valence-electron chi connectivity index (χ3n) is 3.48. The van der Waals surface area contributed by atoms with Gasteiger partial charge < -0.3 is 11.1 Å². The highest BCUT2D eigenvalue weighted by Crippen LogP contribution is 2.37. The lowest BCUT2D eigenvalue weighted by Crippen LogP contribution is -2.30. The summed E-state index contributed by atoms with van der Waals surface area (Å²) < 4.78 is 13.3. The predicted molar refractivity (Wildman–Crippen MR) is 68.5 cm³/mol. The topological polar surface area (TPSA) is 38.0 Å². The summed E-state index contributed by atoms with van der Waals surface area (Å²) in [6.07, 6.45) is 1.28. The fraction of sp³-hybridized carbons (Fsp3) is 0.538. The molecule has 1 saturated carbocycles. The Morgan fingerprint density at radius 3 is 2.82 bits per heavy atom. The van der Waals surface area contributed by atoms with Gasteiger partial charge in [0.1, 0.15) is 5.82 Å². The molecular formula is C13H18ClFN2. The SMILES string of the molecule is CC1CC1CNC(CN)c1ccc(Cl)c(F)c1. The summed E-state index contributed by atoms with van der Waals surface area (Å²) in [6.45, 7) is 3.65. The number of halogens is 2. The van der Waals surface area contributed by atoms with Gasteiger partial charge in [-0.2, -0.15) is 0 Å². The number of nitrogens with two attached hydrogens (primary N) is 1. The number of hydrogen-bond acceptors (Lipinski definition) is 2. The van der Waals surface area contributed by atoms with Gasteiger partial charge in [0, 0.05) is 12.6 Å². The number of rotatable bonds is 5. The highest BCUT2D eigenvalue weighted by molar-refractivity contribution is 6.30. The van der Waals surface area contributed by atoms with Crippen LogP contribution in [0.15, 0.2) is 18.2 Å². The van der Waals surface area contributed by atoms with Crippen LogP contribution in [-0.2, 0) is 0 Å². The molecule has 0 bridgehead atoms. The van der Waals surface area contributed by atoms with Gasteiger partial charge in [-0.1, -0.05) is 24.6 Å². The zero-order valence-corrected chi connectivity index (χ0v) is 10.7. The molecule has 17 heavy (non-hydrogen) atoms. The van der Waals surface area contributed by atoms with Gasteiger partial charge in [0.2, 0.25) is 0 Å². The minimum Gasteiger partial charge on any atom is -0.329 e. The minimum absolute atomic E-state index is 0.00886. The fourth-order valence-corrected chi connectivity index (χ4v) is 2.16. The van der Waals surface area contributed by atoms with Crippen molar-refractivity contribution < 1.29 is 4.39 Å². The molecule has 3 N–H and O–H groups in total. The van der Waals surface area contributed by atoms with Crippen LogP contribution in [0.1, 0.15) is 24.9 Å². The Morgan fingerprint density at radius 1 is 1.59 bits per heavy atom. The smallest absolute Gasteiger partial charge is 0.142 e. The molecule has 0 radical (unpaired) electrons. The van der Waals surface area contributed by atoms with Crippen molar-refractivity contribution in [3.8, 4) is 0 Å². The molecule has 0 aromatic heterocycles. The molecule has 0 spiro atoms. The van der Waals surface area contributed by atoms with Crippen LogP contribution in [0.3, 0.4) is 0 Å². The molecule has 2 nitrogen and oxygen atoms in total. The molecule has 1 fully saturated rings. The Balaban J connectivity index is 1.98. The minimum atomic E-state index is -0.385. The average molecular weight is 257 g/mol. The maximum absolute atomic E-state index is 13.3. The second kappa shape index (κ2) is 5.34. The van der Waals surface area contributed by atoms with Crippen LogP contribution in [0.2, 0.25) is 5.02 Å². The van der Waals surface area contributed by atoms with Crippen molar-refractivity contribution in [1.29, 1.82) is 0 Å². The summed E-state index contributed by atoms with van der Waals surface area (Å²) in [5.41, 5.74) is 6.58. The normalized spacial score (nSPS) is 24.7. The lowest BCUT2D eigenvalue weighted by molar-refractivity contribution is 0.508. The van der Waals surface area contributed by atoms with Gasteiger partial charge in [-0.15, -0.1) is 0 Å². The molecule has 1 aliphatic rings. The second-order valence-corrected chi connectivity index (χ2v) is 5.25. The molecule has 1 aliphatic carbocycles. The molecule has 0 saturated heterocycles. The van der Waals surface area contributed by atoms with E-state index >= 15 is 0 Å². The molecule has 2 rings (SSSR count). The maximum atomic E-state index is 13.3. The van der Waals surface area contributed by atoms with Crippen molar-refractivity contribution in [1.82, 2.24) is 5.32 Å². The van der Waals surface area contributed by atoms with Gasteiger partial charge in [0.05, 0.1) is 5.02 Å².